The van der Waals surface area contributed by atoms with E-state index in [-0.39, 0.29) is 0 Å². The van der Waals surface area contributed by atoms with Crippen LogP contribution in [0, 0.1) is 5.92 Å². The van der Waals surface area contributed by atoms with Crippen LogP contribution in [0.25, 0.3) is 0 Å². The van der Waals surface area contributed by atoms with Gasteiger partial charge in [0, 0.05) is 0 Å². The van der Waals surface area contributed by atoms with Crippen LogP contribution in [-0.4, -0.2) is 0 Å². The summed E-state index contributed by atoms with van der Waals surface area (Å²) in [6.45, 7) is 2.33. The zero-order valence-corrected chi connectivity index (χ0v) is 8.37. The highest BCUT2D eigenvalue weighted by atomic mass is 14.3. The molecule has 0 unspecified atom stereocenters. The normalized spacial score (nSPS) is 27.8. The molecule has 1 aromatic carbocycles. The van der Waals surface area contributed by atoms with E-state index in [0.29, 0.717) is 0 Å². The Morgan fingerprint density at radius 3 is 2.62 bits per heavy atom. The molecule has 1 saturated carbocycles. The van der Waals surface area contributed by atoms with E-state index in [4.69, 9.17) is 0 Å². The lowest BCUT2D eigenvalue weighted by atomic mass is 9.87. The number of benzene rings is 1. The van der Waals surface area contributed by atoms with E-state index in [2.05, 4.69) is 37.3 Å². The smallest absolute Gasteiger partial charge is 0.0134 e. The van der Waals surface area contributed by atoms with Crippen molar-refractivity contribution in [3.8, 4) is 0 Å². The third-order valence-corrected chi connectivity index (χ3v) is 3.41. The standard InChI is InChI=1S/C13H18/c1-2-11-9-6-10-13(11)12-7-4-3-5-8-12/h3-5,7-8,11,13H,2,6,9-10H2,1H3/t11-,13+/m0/s1. The Balaban J connectivity index is 2.16. The van der Waals surface area contributed by atoms with Crippen LogP contribution >= 0.6 is 0 Å². The minimum atomic E-state index is 0.853. The van der Waals surface area contributed by atoms with Gasteiger partial charge >= 0.3 is 0 Å². The molecule has 0 heterocycles. The summed E-state index contributed by atoms with van der Waals surface area (Å²) in [4.78, 5) is 0. The molecule has 0 nitrogen and oxygen atoms in total. The highest BCUT2D eigenvalue weighted by Crippen LogP contribution is 2.40. The maximum Gasteiger partial charge on any atom is -0.0134 e. The molecule has 0 aromatic heterocycles. The summed E-state index contributed by atoms with van der Waals surface area (Å²) in [6, 6.07) is 11.0. The molecule has 1 aliphatic rings. The molecule has 70 valence electrons. The molecule has 1 aliphatic carbocycles. The fourth-order valence-corrected chi connectivity index (χ4v) is 2.66. The minimum absolute atomic E-state index is 0.853. The molecule has 2 rings (SSSR count). The second-order valence-electron chi connectivity index (χ2n) is 4.12. The molecule has 0 amide bonds. The predicted molar refractivity (Wildman–Crippen MR) is 56.8 cm³/mol. The Kier molecular flexibility index (Phi) is 2.68. The van der Waals surface area contributed by atoms with Crippen molar-refractivity contribution in [1.82, 2.24) is 0 Å². The fraction of sp³-hybridized carbons (Fsp3) is 0.538. The maximum absolute atomic E-state index is 2.33. The van der Waals surface area contributed by atoms with Gasteiger partial charge in [0.25, 0.3) is 0 Å². The van der Waals surface area contributed by atoms with E-state index in [1.165, 1.54) is 25.7 Å². The molecule has 13 heavy (non-hydrogen) atoms. The Bertz CT molecular complexity index is 250. The molecule has 0 heteroatoms. The van der Waals surface area contributed by atoms with Crippen LogP contribution in [0.1, 0.15) is 44.1 Å². The van der Waals surface area contributed by atoms with Crippen LogP contribution in [0.5, 0.6) is 0 Å². The fourth-order valence-electron chi connectivity index (χ4n) is 2.66. The van der Waals surface area contributed by atoms with Crippen LogP contribution in [-0.2, 0) is 0 Å². The second-order valence-corrected chi connectivity index (χ2v) is 4.12. The van der Waals surface area contributed by atoms with Crippen LogP contribution in [0.4, 0.5) is 0 Å². The van der Waals surface area contributed by atoms with Crippen molar-refractivity contribution in [2.24, 2.45) is 5.92 Å². The Morgan fingerprint density at radius 1 is 1.15 bits per heavy atom. The van der Waals surface area contributed by atoms with Gasteiger partial charge in [-0.25, -0.2) is 0 Å². The predicted octanol–water partition coefficient (Wildman–Crippen LogP) is 3.98. The quantitative estimate of drug-likeness (QED) is 0.636. The molecular formula is C13H18. The first kappa shape index (κ1) is 8.80. The Morgan fingerprint density at radius 2 is 1.92 bits per heavy atom. The van der Waals surface area contributed by atoms with Crippen molar-refractivity contribution in [3.63, 3.8) is 0 Å². The summed E-state index contributed by atoms with van der Waals surface area (Å²) in [5.74, 6) is 1.80. The molecule has 2 atom stereocenters. The first-order chi connectivity index (χ1) is 6.42. The van der Waals surface area contributed by atoms with E-state index in [0.717, 1.165) is 11.8 Å². The van der Waals surface area contributed by atoms with Gasteiger partial charge in [-0.3, -0.25) is 0 Å². The molecular weight excluding hydrogens is 156 g/mol. The zero-order chi connectivity index (χ0) is 9.10. The van der Waals surface area contributed by atoms with Crippen LogP contribution in [0.3, 0.4) is 0 Å². The number of hydrogen-bond acceptors (Lipinski definition) is 0. The van der Waals surface area contributed by atoms with E-state index < -0.39 is 0 Å². The lowest BCUT2D eigenvalue weighted by molar-refractivity contribution is 0.470. The third-order valence-electron chi connectivity index (χ3n) is 3.41. The van der Waals surface area contributed by atoms with E-state index in [1.54, 1.807) is 5.56 Å². The lowest BCUT2D eigenvalue weighted by Crippen LogP contribution is -2.04. The van der Waals surface area contributed by atoms with Gasteiger partial charge in [0.2, 0.25) is 0 Å². The minimum Gasteiger partial charge on any atom is -0.0651 e. The lowest BCUT2D eigenvalue weighted by Gasteiger charge is -2.17. The SMILES string of the molecule is CC[C@H]1CCC[C@H]1c1ccccc1. The van der Waals surface area contributed by atoms with Gasteiger partial charge in [-0.15, -0.1) is 0 Å². The van der Waals surface area contributed by atoms with E-state index in [1.807, 2.05) is 0 Å². The van der Waals surface area contributed by atoms with Gasteiger partial charge < -0.3 is 0 Å². The maximum atomic E-state index is 2.33. The van der Waals surface area contributed by atoms with Gasteiger partial charge in [0.1, 0.15) is 0 Å². The average Bonchev–Trinajstić information content (AvgIpc) is 2.67. The van der Waals surface area contributed by atoms with E-state index >= 15 is 0 Å². The molecule has 0 spiro atoms. The van der Waals surface area contributed by atoms with Crippen LogP contribution in [0.2, 0.25) is 0 Å². The molecule has 0 saturated heterocycles. The van der Waals surface area contributed by atoms with Crippen LogP contribution < -0.4 is 0 Å². The molecule has 1 fully saturated rings. The summed E-state index contributed by atoms with van der Waals surface area (Å²) >= 11 is 0. The average molecular weight is 174 g/mol. The topological polar surface area (TPSA) is 0 Å². The summed E-state index contributed by atoms with van der Waals surface area (Å²) in [5.41, 5.74) is 1.56. The second kappa shape index (κ2) is 3.95. The third kappa shape index (κ3) is 1.77. The van der Waals surface area contributed by atoms with Gasteiger partial charge in [0.15, 0.2) is 0 Å². The van der Waals surface area contributed by atoms with Gasteiger partial charge in [-0.05, 0) is 30.2 Å². The van der Waals surface area contributed by atoms with Crippen molar-refractivity contribution >= 4 is 0 Å². The summed E-state index contributed by atoms with van der Waals surface area (Å²) in [5, 5.41) is 0. The monoisotopic (exact) mass is 174 g/mol. The van der Waals surface area contributed by atoms with E-state index in [9.17, 15) is 0 Å². The molecule has 0 bridgehead atoms. The highest BCUT2D eigenvalue weighted by Gasteiger charge is 2.26. The number of hydrogen-bond donors (Lipinski definition) is 0. The van der Waals surface area contributed by atoms with Gasteiger partial charge in [-0.2, -0.15) is 0 Å². The van der Waals surface area contributed by atoms with Crippen molar-refractivity contribution in [1.29, 1.82) is 0 Å². The zero-order valence-electron chi connectivity index (χ0n) is 8.37. The molecule has 0 aliphatic heterocycles. The van der Waals surface area contributed by atoms with Crippen molar-refractivity contribution in [3.05, 3.63) is 35.9 Å². The number of rotatable bonds is 2. The van der Waals surface area contributed by atoms with Gasteiger partial charge in [-0.1, -0.05) is 50.1 Å². The summed E-state index contributed by atoms with van der Waals surface area (Å²) < 4.78 is 0. The highest BCUT2D eigenvalue weighted by molar-refractivity contribution is 5.21. The van der Waals surface area contributed by atoms with Crippen molar-refractivity contribution in [2.75, 3.05) is 0 Å². The summed E-state index contributed by atoms with van der Waals surface area (Å²) in [7, 11) is 0. The summed E-state index contributed by atoms with van der Waals surface area (Å²) in [6.07, 6.45) is 5.62. The Labute approximate surface area is 81.0 Å². The van der Waals surface area contributed by atoms with Crippen LogP contribution in [0.15, 0.2) is 30.3 Å². The first-order valence-electron chi connectivity index (χ1n) is 5.46. The molecule has 0 radical (unpaired) electrons. The largest absolute Gasteiger partial charge is 0.0651 e. The molecule has 0 N–H and O–H groups in total. The van der Waals surface area contributed by atoms with Crippen molar-refractivity contribution in [2.45, 2.75) is 38.5 Å². The Hall–Kier alpha value is -0.780. The van der Waals surface area contributed by atoms with Crippen molar-refractivity contribution < 1.29 is 0 Å². The first-order valence-corrected chi connectivity index (χ1v) is 5.46. The van der Waals surface area contributed by atoms with Gasteiger partial charge in [0.05, 0.1) is 0 Å². The molecule has 1 aromatic rings.